The van der Waals surface area contributed by atoms with E-state index >= 15 is 0 Å². The van der Waals surface area contributed by atoms with Crippen molar-refractivity contribution in [2.45, 2.75) is 52.6 Å². The molecule has 0 aromatic carbocycles. The highest BCUT2D eigenvalue weighted by Gasteiger charge is 2.41. The zero-order valence-corrected chi connectivity index (χ0v) is 13.9. The summed E-state index contributed by atoms with van der Waals surface area (Å²) < 4.78 is 0. The van der Waals surface area contributed by atoms with Gasteiger partial charge in [-0.25, -0.2) is 0 Å². The molecule has 1 aliphatic rings. The number of rotatable bonds is 5. The predicted octanol–water partition coefficient (Wildman–Crippen LogP) is 3.07. The smallest absolute Gasteiger partial charge is 0.0155 e. The molecule has 108 valence electrons. The Labute approximate surface area is 118 Å². The lowest BCUT2D eigenvalue weighted by Gasteiger charge is -2.48. The van der Waals surface area contributed by atoms with Crippen LogP contribution < -0.4 is 5.73 Å². The molecule has 0 aromatic heterocycles. The summed E-state index contributed by atoms with van der Waals surface area (Å²) in [5.41, 5.74) is 6.60. The lowest BCUT2D eigenvalue weighted by Crippen LogP contribution is -2.50. The fourth-order valence-corrected chi connectivity index (χ4v) is 3.90. The van der Waals surface area contributed by atoms with Gasteiger partial charge in [-0.3, -0.25) is 0 Å². The second-order valence-corrected chi connectivity index (χ2v) is 7.70. The summed E-state index contributed by atoms with van der Waals surface area (Å²) in [6, 6.07) is 1.06. The summed E-state index contributed by atoms with van der Waals surface area (Å²) in [6.07, 6.45) is 4.67. The number of nitrogens with two attached hydrogens (primary N) is 1. The first kappa shape index (κ1) is 16.3. The van der Waals surface area contributed by atoms with Crippen LogP contribution in [0.4, 0.5) is 0 Å². The van der Waals surface area contributed by atoms with Crippen molar-refractivity contribution in [3.05, 3.63) is 0 Å². The summed E-state index contributed by atoms with van der Waals surface area (Å²) in [4.78, 5) is 2.53. The Hall–Kier alpha value is 0.270. The highest BCUT2D eigenvalue weighted by atomic mass is 32.2. The minimum absolute atomic E-state index is 0.366. The largest absolute Gasteiger partial charge is 0.327 e. The summed E-state index contributed by atoms with van der Waals surface area (Å²) >= 11 is 1.94. The molecule has 2 nitrogen and oxygen atoms in total. The number of hydrogen-bond acceptors (Lipinski definition) is 3. The zero-order valence-electron chi connectivity index (χ0n) is 13.1. The van der Waals surface area contributed by atoms with E-state index in [1.807, 2.05) is 11.8 Å². The van der Waals surface area contributed by atoms with Gasteiger partial charge in [-0.05, 0) is 50.3 Å². The third-order valence-electron chi connectivity index (χ3n) is 5.39. The lowest BCUT2D eigenvalue weighted by atomic mass is 9.61. The van der Waals surface area contributed by atoms with Crippen LogP contribution in [0, 0.1) is 17.3 Å². The summed E-state index contributed by atoms with van der Waals surface area (Å²) in [6.45, 7) is 10.7. The Bertz CT molecular complexity index is 255. The highest BCUT2D eigenvalue weighted by Crippen LogP contribution is 2.44. The second kappa shape index (κ2) is 6.62. The molecule has 0 heterocycles. The number of thioether (sulfide) groups is 1. The second-order valence-electron chi connectivity index (χ2n) is 6.79. The monoisotopic (exact) mass is 272 g/mol. The molecule has 1 saturated carbocycles. The van der Waals surface area contributed by atoms with Gasteiger partial charge in [0.05, 0.1) is 0 Å². The van der Waals surface area contributed by atoms with Crippen molar-refractivity contribution in [3.8, 4) is 0 Å². The van der Waals surface area contributed by atoms with Gasteiger partial charge in [-0.1, -0.05) is 20.8 Å². The molecule has 0 spiro atoms. The van der Waals surface area contributed by atoms with E-state index in [9.17, 15) is 0 Å². The van der Waals surface area contributed by atoms with Gasteiger partial charge in [0.1, 0.15) is 0 Å². The summed E-state index contributed by atoms with van der Waals surface area (Å²) in [5.74, 6) is 2.63. The molecule has 0 amide bonds. The Morgan fingerprint density at radius 1 is 1.39 bits per heavy atom. The predicted molar refractivity (Wildman–Crippen MR) is 84.1 cm³/mol. The minimum atomic E-state index is 0.366. The van der Waals surface area contributed by atoms with Crippen molar-refractivity contribution in [1.29, 1.82) is 0 Å². The Balaban J connectivity index is 2.61. The zero-order chi connectivity index (χ0) is 13.9. The van der Waals surface area contributed by atoms with Crippen LogP contribution in [-0.2, 0) is 0 Å². The van der Waals surface area contributed by atoms with Crippen LogP contribution in [-0.4, -0.2) is 42.6 Å². The van der Waals surface area contributed by atoms with Gasteiger partial charge in [0.2, 0.25) is 0 Å². The molecular formula is C15H32N2S. The molecule has 0 bridgehead atoms. The van der Waals surface area contributed by atoms with E-state index in [1.54, 1.807) is 0 Å². The van der Waals surface area contributed by atoms with E-state index in [1.165, 1.54) is 25.1 Å². The third-order valence-corrected chi connectivity index (χ3v) is 6.20. The van der Waals surface area contributed by atoms with Crippen LogP contribution in [0.15, 0.2) is 0 Å². The average Bonchev–Trinajstić information content (AvgIpc) is 2.30. The lowest BCUT2D eigenvalue weighted by molar-refractivity contribution is 0.0288. The maximum Gasteiger partial charge on any atom is 0.0155 e. The number of hydrogen-bond donors (Lipinski definition) is 1. The molecule has 0 aromatic rings. The van der Waals surface area contributed by atoms with E-state index in [2.05, 4.69) is 45.9 Å². The van der Waals surface area contributed by atoms with Crippen LogP contribution >= 0.6 is 11.8 Å². The van der Waals surface area contributed by atoms with Crippen molar-refractivity contribution >= 4 is 11.8 Å². The van der Waals surface area contributed by atoms with Crippen molar-refractivity contribution < 1.29 is 0 Å². The molecule has 3 heteroatoms. The molecular weight excluding hydrogens is 240 g/mol. The van der Waals surface area contributed by atoms with Crippen LogP contribution in [0.3, 0.4) is 0 Å². The molecule has 4 atom stereocenters. The third kappa shape index (κ3) is 3.64. The van der Waals surface area contributed by atoms with Crippen molar-refractivity contribution in [1.82, 2.24) is 4.90 Å². The topological polar surface area (TPSA) is 29.3 Å². The van der Waals surface area contributed by atoms with E-state index in [0.717, 1.165) is 5.92 Å². The standard InChI is InChI=1S/C15H32N2S/c1-11(10-18-6)17(5)9-13-7-8-14(16)12(2)15(13,3)4/h11-14H,7-10,16H2,1-6H3. The molecule has 0 saturated heterocycles. The van der Waals surface area contributed by atoms with Gasteiger partial charge in [0, 0.05) is 24.4 Å². The molecule has 2 N–H and O–H groups in total. The first-order chi connectivity index (χ1) is 8.30. The van der Waals surface area contributed by atoms with Gasteiger partial charge in [0.15, 0.2) is 0 Å². The van der Waals surface area contributed by atoms with Gasteiger partial charge >= 0.3 is 0 Å². The fraction of sp³-hybridized carbons (Fsp3) is 1.00. The first-order valence-corrected chi connectivity index (χ1v) is 8.64. The van der Waals surface area contributed by atoms with Crippen LogP contribution in [0.5, 0.6) is 0 Å². The normalized spacial score (nSPS) is 33.7. The van der Waals surface area contributed by atoms with Gasteiger partial charge in [-0.15, -0.1) is 0 Å². The minimum Gasteiger partial charge on any atom is -0.327 e. The molecule has 18 heavy (non-hydrogen) atoms. The maximum atomic E-state index is 6.24. The molecule has 0 radical (unpaired) electrons. The van der Waals surface area contributed by atoms with Crippen molar-refractivity contribution in [2.75, 3.05) is 25.6 Å². The van der Waals surface area contributed by atoms with Gasteiger partial charge in [0.25, 0.3) is 0 Å². The Morgan fingerprint density at radius 3 is 2.56 bits per heavy atom. The van der Waals surface area contributed by atoms with E-state index < -0.39 is 0 Å². The van der Waals surface area contributed by atoms with Crippen molar-refractivity contribution in [2.24, 2.45) is 23.0 Å². The molecule has 1 fully saturated rings. The molecule has 1 rings (SSSR count). The Morgan fingerprint density at radius 2 is 2.00 bits per heavy atom. The summed E-state index contributed by atoms with van der Waals surface area (Å²) in [5, 5.41) is 0. The van der Waals surface area contributed by atoms with E-state index in [-0.39, 0.29) is 0 Å². The molecule has 4 unspecified atom stereocenters. The van der Waals surface area contributed by atoms with E-state index in [4.69, 9.17) is 5.73 Å². The molecule has 0 aliphatic heterocycles. The van der Waals surface area contributed by atoms with Gasteiger partial charge in [-0.2, -0.15) is 11.8 Å². The Kier molecular flexibility index (Phi) is 6.01. The SMILES string of the molecule is CSCC(C)N(C)CC1CCC(N)C(C)C1(C)C. The summed E-state index contributed by atoms with van der Waals surface area (Å²) in [7, 11) is 2.27. The van der Waals surface area contributed by atoms with Crippen molar-refractivity contribution in [3.63, 3.8) is 0 Å². The van der Waals surface area contributed by atoms with Crippen LogP contribution in [0.2, 0.25) is 0 Å². The highest BCUT2D eigenvalue weighted by molar-refractivity contribution is 7.98. The maximum absolute atomic E-state index is 6.24. The van der Waals surface area contributed by atoms with Gasteiger partial charge < -0.3 is 10.6 Å². The van der Waals surface area contributed by atoms with E-state index in [0.29, 0.717) is 23.4 Å². The van der Waals surface area contributed by atoms with Crippen LogP contribution in [0.1, 0.15) is 40.5 Å². The van der Waals surface area contributed by atoms with Crippen LogP contribution in [0.25, 0.3) is 0 Å². The molecule has 1 aliphatic carbocycles. The quantitative estimate of drug-likeness (QED) is 0.834. The average molecular weight is 273 g/mol. The number of nitrogens with zero attached hydrogens (tertiary/aromatic N) is 1. The first-order valence-electron chi connectivity index (χ1n) is 7.25. The fourth-order valence-electron chi connectivity index (χ4n) is 3.16.